The summed E-state index contributed by atoms with van der Waals surface area (Å²) in [7, 11) is 0. The van der Waals surface area contributed by atoms with Crippen LogP contribution in [0.25, 0.3) is 5.65 Å². The third-order valence-corrected chi connectivity index (χ3v) is 3.98. The van der Waals surface area contributed by atoms with Crippen molar-refractivity contribution in [1.29, 1.82) is 0 Å². The summed E-state index contributed by atoms with van der Waals surface area (Å²) in [6, 6.07) is 8.58. The van der Waals surface area contributed by atoms with E-state index >= 15 is 0 Å². The zero-order valence-corrected chi connectivity index (χ0v) is 11.8. The van der Waals surface area contributed by atoms with Gasteiger partial charge in [-0.05, 0) is 32.0 Å². The van der Waals surface area contributed by atoms with Gasteiger partial charge in [0.05, 0.1) is 6.20 Å². The maximum Gasteiger partial charge on any atom is 0.157 e. The van der Waals surface area contributed by atoms with Crippen LogP contribution in [0.4, 0.5) is 5.82 Å². The number of hydrogen-bond donors (Lipinski definition) is 1. The first-order valence-corrected chi connectivity index (χ1v) is 7.14. The molecule has 3 aromatic rings. The van der Waals surface area contributed by atoms with Gasteiger partial charge in [0.2, 0.25) is 0 Å². The lowest BCUT2D eigenvalue weighted by Gasteiger charge is -2.13. The lowest BCUT2D eigenvalue weighted by molar-refractivity contribution is 0.792. The van der Waals surface area contributed by atoms with Crippen LogP contribution in [-0.4, -0.2) is 20.6 Å². The van der Waals surface area contributed by atoms with E-state index in [1.165, 1.54) is 9.75 Å². The molecule has 0 saturated carbocycles. The fourth-order valence-corrected chi connectivity index (χ4v) is 3.11. The van der Waals surface area contributed by atoms with Crippen molar-refractivity contribution in [3.05, 3.63) is 46.4 Å². The molecule has 0 aliphatic carbocycles. The molecular weight excluding hydrogens is 256 g/mol. The first-order valence-electron chi connectivity index (χ1n) is 6.33. The Morgan fingerprint density at radius 3 is 3.00 bits per heavy atom. The van der Waals surface area contributed by atoms with Crippen molar-refractivity contribution in [2.75, 3.05) is 5.32 Å². The van der Waals surface area contributed by atoms with Crippen LogP contribution in [0.3, 0.4) is 0 Å². The molecule has 5 heteroatoms. The van der Waals surface area contributed by atoms with Gasteiger partial charge < -0.3 is 5.32 Å². The summed E-state index contributed by atoms with van der Waals surface area (Å²) in [4.78, 5) is 7.28. The molecule has 0 amide bonds. The van der Waals surface area contributed by atoms with Gasteiger partial charge in [0.1, 0.15) is 5.82 Å². The van der Waals surface area contributed by atoms with Crippen molar-refractivity contribution in [3.63, 3.8) is 0 Å². The van der Waals surface area contributed by atoms with Crippen molar-refractivity contribution in [2.24, 2.45) is 0 Å². The first-order chi connectivity index (χ1) is 9.20. The van der Waals surface area contributed by atoms with Crippen molar-refractivity contribution in [1.82, 2.24) is 14.6 Å². The van der Waals surface area contributed by atoms with Gasteiger partial charge in [0.15, 0.2) is 5.65 Å². The molecule has 0 fully saturated rings. The molecule has 1 unspecified atom stereocenters. The van der Waals surface area contributed by atoms with E-state index in [0.717, 1.165) is 17.9 Å². The van der Waals surface area contributed by atoms with Gasteiger partial charge in [-0.2, -0.15) is 5.10 Å². The van der Waals surface area contributed by atoms with Crippen LogP contribution in [0, 0.1) is 6.92 Å². The number of fused-ring (bicyclic) bond motifs is 1. The Morgan fingerprint density at radius 1 is 1.32 bits per heavy atom. The van der Waals surface area contributed by atoms with Crippen molar-refractivity contribution in [2.45, 2.75) is 26.3 Å². The molecule has 3 rings (SSSR count). The van der Waals surface area contributed by atoms with Gasteiger partial charge >= 0.3 is 0 Å². The highest BCUT2D eigenvalue weighted by Crippen LogP contribution is 2.18. The molecule has 19 heavy (non-hydrogen) atoms. The molecule has 4 nitrogen and oxygen atoms in total. The molecule has 1 atom stereocenters. The van der Waals surface area contributed by atoms with Crippen LogP contribution in [0.15, 0.2) is 36.7 Å². The maximum absolute atomic E-state index is 4.51. The molecule has 0 radical (unpaired) electrons. The molecule has 0 saturated heterocycles. The summed E-state index contributed by atoms with van der Waals surface area (Å²) in [5.41, 5.74) is 0.865. The number of rotatable bonds is 4. The smallest absolute Gasteiger partial charge is 0.157 e. The topological polar surface area (TPSA) is 42.2 Å². The first kappa shape index (κ1) is 12.2. The van der Waals surface area contributed by atoms with E-state index in [1.54, 1.807) is 10.7 Å². The highest BCUT2D eigenvalue weighted by molar-refractivity contribution is 7.11. The molecule has 0 aliphatic rings. The maximum atomic E-state index is 4.51. The number of nitrogens with zero attached hydrogens (tertiary/aromatic N) is 3. The molecule has 98 valence electrons. The van der Waals surface area contributed by atoms with Gasteiger partial charge in [0, 0.05) is 34.5 Å². The highest BCUT2D eigenvalue weighted by atomic mass is 32.1. The molecule has 0 bridgehead atoms. The minimum absolute atomic E-state index is 0.357. The summed E-state index contributed by atoms with van der Waals surface area (Å²) >= 11 is 1.86. The average molecular weight is 272 g/mol. The Morgan fingerprint density at radius 2 is 2.21 bits per heavy atom. The SMILES string of the molecule is Cc1ccc(CC(C)Nc2ccn3nccc3n2)s1. The van der Waals surface area contributed by atoms with Crippen LogP contribution in [0.5, 0.6) is 0 Å². The second-order valence-corrected chi connectivity index (χ2v) is 6.08. The summed E-state index contributed by atoms with van der Waals surface area (Å²) in [6.07, 6.45) is 4.70. The summed E-state index contributed by atoms with van der Waals surface area (Å²) in [5, 5.41) is 7.57. The van der Waals surface area contributed by atoms with Crippen molar-refractivity contribution in [3.8, 4) is 0 Å². The fourth-order valence-electron chi connectivity index (χ4n) is 2.09. The molecule has 3 aromatic heterocycles. The third kappa shape index (κ3) is 2.76. The van der Waals surface area contributed by atoms with E-state index in [1.807, 2.05) is 29.7 Å². The molecule has 1 N–H and O–H groups in total. The molecule has 0 spiro atoms. The van der Waals surface area contributed by atoms with Crippen LogP contribution in [0.1, 0.15) is 16.7 Å². The van der Waals surface area contributed by atoms with E-state index in [-0.39, 0.29) is 0 Å². The van der Waals surface area contributed by atoms with Gasteiger partial charge in [-0.15, -0.1) is 11.3 Å². The minimum Gasteiger partial charge on any atom is -0.367 e. The lowest BCUT2D eigenvalue weighted by Crippen LogP contribution is -2.18. The number of aromatic nitrogens is 3. The van der Waals surface area contributed by atoms with E-state index in [9.17, 15) is 0 Å². The lowest BCUT2D eigenvalue weighted by atomic mass is 10.2. The molecular formula is C14H16N4S. The third-order valence-electron chi connectivity index (χ3n) is 2.96. The molecule has 3 heterocycles. The van der Waals surface area contributed by atoms with Gasteiger partial charge in [-0.1, -0.05) is 0 Å². The second kappa shape index (κ2) is 5.01. The predicted octanol–water partition coefficient (Wildman–Crippen LogP) is 3.14. The number of thiophene rings is 1. The highest BCUT2D eigenvalue weighted by Gasteiger charge is 2.07. The summed E-state index contributed by atoms with van der Waals surface area (Å²) in [5.74, 6) is 0.897. The molecule has 0 aromatic carbocycles. The van der Waals surface area contributed by atoms with Crippen LogP contribution in [-0.2, 0) is 6.42 Å². The fraction of sp³-hybridized carbons (Fsp3) is 0.286. The van der Waals surface area contributed by atoms with Crippen molar-refractivity contribution >= 4 is 22.8 Å². The van der Waals surface area contributed by atoms with E-state index in [2.05, 4.69) is 41.4 Å². The predicted molar refractivity (Wildman–Crippen MR) is 78.8 cm³/mol. The van der Waals surface area contributed by atoms with Crippen LogP contribution >= 0.6 is 11.3 Å². The zero-order chi connectivity index (χ0) is 13.2. The summed E-state index contributed by atoms with van der Waals surface area (Å²) in [6.45, 7) is 4.32. The number of hydrogen-bond acceptors (Lipinski definition) is 4. The molecule has 0 aliphatic heterocycles. The normalized spacial score (nSPS) is 12.7. The van der Waals surface area contributed by atoms with Gasteiger partial charge in [-0.25, -0.2) is 9.50 Å². The quantitative estimate of drug-likeness (QED) is 0.793. The zero-order valence-electron chi connectivity index (χ0n) is 11.0. The largest absolute Gasteiger partial charge is 0.367 e. The van der Waals surface area contributed by atoms with Crippen LogP contribution in [0.2, 0.25) is 0 Å². The monoisotopic (exact) mass is 272 g/mol. The van der Waals surface area contributed by atoms with Crippen LogP contribution < -0.4 is 5.32 Å². The minimum atomic E-state index is 0.357. The number of nitrogens with one attached hydrogen (secondary N) is 1. The Balaban J connectivity index is 1.69. The average Bonchev–Trinajstić information content (AvgIpc) is 2.97. The van der Waals surface area contributed by atoms with E-state index in [0.29, 0.717) is 6.04 Å². The second-order valence-electron chi connectivity index (χ2n) is 4.71. The summed E-state index contributed by atoms with van der Waals surface area (Å²) < 4.78 is 1.76. The van der Waals surface area contributed by atoms with Crippen molar-refractivity contribution < 1.29 is 0 Å². The van der Waals surface area contributed by atoms with Gasteiger partial charge in [0.25, 0.3) is 0 Å². The van der Waals surface area contributed by atoms with Gasteiger partial charge in [-0.3, -0.25) is 0 Å². The Labute approximate surface area is 116 Å². The number of aryl methyl sites for hydroxylation is 1. The van der Waals surface area contributed by atoms with E-state index < -0.39 is 0 Å². The number of anilines is 1. The Kier molecular flexibility index (Phi) is 3.21. The standard InChI is InChI=1S/C14H16N4S/c1-10(9-12-4-3-11(2)19-12)16-13-6-8-18-14(17-13)5-7-15-18/h3-8,10H,9H2,1-2H3,(H,16,17). The van der Waals surface area contributed by atoms with E-state index in [4.69, 9.17) is 0 Å². The Hall–Kier alpha value is -1.88. The Bertz CT molecular complexity index is 685.